The van der Waals surface area contributed by atoms with Crippen LogP contribution >= 0.6 is 0 Å². The summed E-state index contributed by atoms with van der Waals surface area (Å²) in [5, 5.41) is 4.65. The second-order valence-electron chi connectivity index (χ2n) is 20.1. The van der Waals surface area contributed by atoms with Crippen LogP contribution in [0.3, 0.4) is 0 Å². The molecule has 3 aliphatic carbocycles. The van der Waals surface area contributed by atoms with Crippen LogP contribution in [0.4, 0.5) is 17.3 Å². The summed E-state index contributed by atoms with van der Waals surface area (Å²) in [5.74, 6) is 0.620. The van der Waals surface area contributed by atoms with Gasteiger partial charge in [0, 0.05) is 72.7 Å². The predicted molar refractivity (Wildman–Crippen MR) is 269 cm³/mol. The zero-order valence-corrected chi connectivity index (χ0v) is 37.7. The first-order valence-corrected chi connectivity index (χ1v) is 23.1. The van der Waals surface area contributed by atoms with Gasteiger partial charge in [-0.3, -0.25) is 4.90 Å². The fraction of sp³-hybridized carbons (Fsp3) is 0.148. The number of benzene rings is 8. The van der Waals surface area contributed by atoms with Gasteiger partial charge in [0.2, 0.25) is 5.95 Å². The van der Waals surface area contributed by atoms with Crippen molar-refractivity contribution >= 4 is 61.2 Å². The predicted octanol–water partition coefficient (Wildman–Crippen LogP) is 16.3. The van der Waals surface area contributed by atoms with Gasteiger partial charge in [-0.2, -0.15) is 0 Å². The molecule has 14 rings (SSSR count). The highest BCUT2D eigenvalue weighted by molar-refractivity contribution is 6.21. The minimum absolute atomic E-state index is 0.236. The van der Waals surface area contributed by atoms with Crippen molar-refractivity contribution in [3.8, 4) is 44.5 Å². The zero-order chi connectivity index (χ0) is 44.4. The lowest BCUT2D eigenvalue weighted by molar-refractivity contribution is 0.600. The van der Waals surface area contributed by atoms with Crippen molar-refractivity contribution in [2.24, 2.45) is 0 Å². The minimum Gasteiger partial charge on any atom is -0.455 e. The van der Waals surface area contributed by atoms with Crippen LogP contribution in [0, 0.1) is 0 Å². The summed E-state index contributed by atoms with van der Waals surface area (Å²) in [5.41, 5.74) is 22.5. The third-order valence-corrected chi connectivity index (χ3v) is 15.5. The molecule has 0 aliphatic heterocycles. The van der Waals surface area contributed by atoms with E-state index in [0.717, 1.165) is 55.6 Å². The Bertz CT molecular complexity index is 3910. The normalized spacial score (nSPS) is 15.5. The van der Waals surface area contributed by atoms with Crippen molar-refractivity contribution in [2.75, 3.05) is 4.90 Å². The molecular formula is C61H45N3O2. The molecule has 0 N–H and O–H groups in total. The molecule has 11 aromatic rings. The summed E-state index contributed by atoms with van der Waals surface area (Å²) in [7, 11) is 0. The van der Waals surface area contributed by atoms with Crippen molar-refractivity contribution in [3.05, 3.63) is 197 Å². The molecule has 316 valence electrons. The number of hydrogen-bond acceptors (Lipinski definition) is 5. The number of furan rings is 2. The van der Waals surface area contributed by atoms with E-state index in [9.17, 15) is 0 Å². The monoisotopic (exact) mass is 851 g/mol. The van der Waals surface area contributed by atoms with Crippen molar-refractivity contribution < 1.29 is 8.83 Å². The Kier molecular flexibility index (Phi) is 7.25. The average molecular weight is 852 g/mol. The number of anilines is 3. The number of rotatable bonds is 4. The molecule has 5 heteroatoms. The van der Waals surface area contributed by atoms with Gasteiger partial charge in [-0.05, 0) is 115 Å². The van der Waals surface area contributed by atoms with Gasteiger partial charge in [-0.25, -0.2) is 9.97 Å². The summed E-state index contributed by atoms with van der Waals surface area (Å²) >= 11 is 0. The second kappa shape index (κ2) is 12.7. The molecule has 3 aliphatic rings. The van der Waals surface area contributed by atoms with Gasteiger partial charge >= 0.3 is 0 Å². The van der Waals surface area contributed by atoms with E-state index in [1.165, 1.54) is 77.5 Å². The van der Waals surface area contributed by atoms with Gasteiger partial charge in [-0.1, -0.05) is 145 Å². The largest absolute Gasteiger partial charge is 0.455 e. The van der Waals surface area contributed by atoms with E-state index in [1.807, 2.05) is 18.5 Å². The fourth-order valence-electron chi connectivity index (χ4n) is 12.5. The average Bonchev–Trinajstić information content (AvgIpc) is 4.09. The van der Waals surface area contributed by atoms with Crippen molar-refractivity contribution in [1.82, 2.24) is 9.97 Å². The summed E-state index contributed by atoms with van der Waals surface area (Å²) in [4.78, 5) is 12.1. The lowest BCUT2D eigenvalue weighted by Crippen LogP contribution is -2.24. The molecule has 0 spiro atoms. The standard InChI is InChI=1S/C61H45N3O2/c1-59(2)44-31-35(25-27-38(44)49-46(59)33-42(34-17-8-7-9-18-34)56-51(49)40-20-11-14-23-47(40)65-56)64(58-62-29-16-30-63-58)36-26-28-39-45(32-36)61(5,6)54-50(39)52-41-21-12-15-24-48(41)66-57(52)53-37-19-10-13-22-43(37)60(3,4)55(53)54/h7-33H,1-6H3. The van der Waals surface area contributed by atoms with Crippen molar-refractivity contribution in [1.29, 1.82) is 0 Å². The van der Waals surface area contributed by atoms with Crippen LogP contribution in [0.2, 0.25) is 0 Å². The quantitative estimate of drug-likeness (QED) is 0.177. The van der Waals surface area contributed by atoms with Crippen LogP contribution in [0.1, 0.15) is 74.9 Å². The highest BCUT2D eigenvalue weighted by Crippen LogP contribution is 2.64. The van der Waals surface area contributed by atoms with E-state index in [1.54, 1.807) is 0 Å². The van der Waals surface area contributed by atoms with E-state index in [2.05, 4.69) is 192 Å². The summed E-state index contributed by atoms with van der Waals surface area (Å²) in [6, 6.07) is 54.8. The molecule has 0 bridgehead atoms. The molecular weight excluding hydrogens is 807 g/mol. The van der Waals surface area contributed by atoms with Crippen molar-refractivity contribution in [2.45, 2.75) is 57.8 Å². The molecule has 0 amide bonds. The maximum atomic E-state index is 6.95. The van der Waals surface area contributed by atoms with Gasteiger partial charge in [0.15, 0.2) is 0 Å². The molecule has 8 aromatic carbocycles. The Balaban J connectivity index is 0.984. The first-order chi connectivity index (χ1) is 32.0. The third-order valence-electron chi connectivity index (χ3n) is 15.5. The molecule has 0 saturated carbocycles. The molecule has 0 saturated heterocycles. The van der Waals surface area contributed by atoms with E-state index in [0.29, 0.717) is 5.95 Å². The first-order valence-electron chi connectivity index (χ1n) is 23.1. The summed E-state index contributed by atoms with van der Waals surface area (Å²) in [6.45, 7) is 14.3. The highest BCUT2D eigenvalue weighted by atomic mass is 16.3. The number of aromatic nitrogens is 2. The third kappa shape index (κ3) is 4.69. The highest BCUT2D eigenvalue weighted by Gasteiger charge is 2.49. The molecule has 0 radical (unpaired) electrons. The Labute approximate surface area is 383 Å². The van der Waals surface area contributed by atoms with Gasteiger partial charge < -0.3 is 8.83 Å². The lowest BCUT2D eigenvalue weighted by Gasteiger charge is -2.31. The second-order valence-corrected chi connectivity index (χ2v) is 20.1. The Morgan fingerprint density at radius 1 is 0.409 bits per heavy atom. The van der Waals surface area contributed by atoms with E-state index >= 15 is 0 Å². The molecule has 5 nitrogen and oxygen atoms in total. The molecule has 0 unspecified atom stereocenters. The Morgan fingerprint density at radius 2 is 0.939 bits per heavy atom. The molecule has 66 heavy (non-hydrogen) atoms. The number of para-hydroxylation sites is 2. The van der Waals surface area contributed by atoms with Crippen LogP contribution in [0.5, 0.6) is 0 Å². The molecule has 3 aromatic heterocycles. The first kappa shape index (κ1) is 37.6. The minimum atomic E-state index is -0.351. The van der Waals surface area contributed by atoms with E-state index < -0.39 is 0 Å². The topological polar surface area (TPSA) is 55.3 Å². The number of nitrogens with zero attached hydrogens (tertiary/aromatic N) is 3. The van der Waals surface area contributed by atoms with E-state index in [-0.39, 0.29) is 16.2 Å². The Morgan fingerprint density at radius 3 is 1.64 bits per heavy atom. The summed E-state index contributed by atoms with van der Waals surface area (Å²) < 4.78 is 13.7. The fourth-order valence-corrected chi connectivity index (χ4v) is 12.5. The molecule has 3 heterocycles. The Hall–Kier alpha value is -7.76. The van der Waals surface area contributed by atoms with Crippen LogP contribution in [0.15, 0.2) is 173 Å². The summed E-state index contributed by atoms with van der Waals surface area (Å²) in [6.07, 6.45) is 3.68. The SMILES string of the molecule is CC1(C)c2cc(N(c3ccc4c(c3)C(C)(C)c3c5c(c6oc7ccccc7c6c3-4)-c3ccccc3C5(C)C)c3ncccn3)ccc2-c2c1cc(-c1ccccc1)c1oc3ccccc3c21. The van der Waals surface area contributed by atoms with Crippen LogP contribution in [0.25, 0.3) is 88.4 Å². The number of fused-ring (bicyclic) bond motifs is 19. The van der Waals surface area contributed by atoms with Crippen LogP contribution in [-0.4, -0.2) is 9.97 Å². The molecule has 0 fully saturated rings. The van der Waals surface area contributed by atoms with Crippen molar-refractivity contribution in [3.63, 3.8) is 0 Å². The number of hydrogen-bond donors (Lipinski definition) is 0. The van der Waals surface area contributed by atoms with Gasteiger partial charge in [0.05, 0.1) is 0 Å². The maximum Gasteiger partial charge on any atom is 0.234 e. The van der Waals surface area contributed by atoms with E-state index in [4.69, 9.17) is 18.8 Å². The smallest absolute Gasteiger partial charge is 0.234 e. The maximum absolute atomic E-state index is 6.95. The van der Waals surface area contributed by atoms with Gasteiger partial charge in [-0.15, -0.1) is 0 Å². The van der Waals surface area contributed by atoms with Crippen LogP contribution in [-0.2, 0) is 16.2 Å². The molecule has 0 atom stereocenters. The van der Waals surface area contributed by atoms with Gasteiger partial charge in [0.1, 0.15) is 22.3 Å². The zero-order valence-electron chi connectivity index (χ0n) is 37.7. The lowest BCUT2D eigenvalue weighted by atomic mass is 9.72. The van der Waals surface area contributed by atoms with Crippen LogP contribution < -0.4 is 4.90 Å². The van der Waals surface area contributed by atoms with Gasteiger partial charge in [0.25, 0.3) is 0 Å².